The van der Waals surface area contributed by atoms with Crippen LogP contribution >= 0.6 is 0 Å². The summed E-state index contributed by atoms with van der Waals surface area (Å²) >= 11 is 2.54. The molecule has 0 amide bonds. The fourth-order valence-electron chi connectivity index (χ4n) is 0.112. The van der Waals surface area contributed by atoms with Crippen LogP contribution in [-0.2, 0) is 0 Å². The molecule has 5 heavy (non-hydrogen) atoms. The number of unbranched alkanes of at least 4 members (excludes halogenated alkanes) is 1. The minimum atomic E-state index is 1.08. The van der Waals surface area contributed by atoms with Crippen molar-refractivity contribution in [3.05, 3.63) is 6.92 Å². The molecule has 0 nitrogen and oxygen atoms in total. The Kier molecular flexibility index (Phi) is 4.99. The summed E-state index contributed by atoms with van der Waals surface area (Å²) in [6, 6.07) is 0. The topological polar surface area (TPSA) is 0 Å². The van der Waals surface area contributed by atoms with Crippen molar-refractivity contribution in [2.24, 2.45) is 0 Å². The van der Waals surface area contributed by atoms with Crippen molar-refractivity contribution in [1.29, 1.82) is 0 Å². The van der Waals surface area contributed by atoms with Gasteiger partial charge in [0.2, 0.25) is 0 Å². The van der Waals surface area contributed by atoms with Gasteiger partial charge < -0.3 is 0 Å². The van der Waals surface area contributed by atoms with Crippen molar-refractivity contribution < 1.29 is 0 Å². The van der Waals surface area contributed by atoms with Crippen LogP contribution in [-0.4, -0.2) is 16.0 Å². The van der Waals surface area contributed by atoms with Gasteiger partial charge in [0.25, 0.3) is 0 Å². The van der Waals surface area contributed by atoms with Gasteiger partial charge in [-0.15, -0.1) is 0 Å². The van der Waals surface area contributed by atoms with Gasteiger partial charge >= 0.3 is 41.1 Å². The van der Waals surface area contributed by atoms with Gasteiger partial charge in [0.15, 0.2) is 0 Å². The molecule has 0 fully saturated rings. The normalized spacial score (nSPS) is 8.40. The van der Waals surface area contributed by atoms with E-state index in [0.29, 0.717) is 0 Å². The summed E-state index contributed by atoms with van der Waals surface area (Å²) in [6.07, 6.45) is 2.33. The first kappa shape index (κ1) is 5.52. The molecule has 0 aliphatic heterocycles. The molecular weight excluding hydrogens is 127 g/mol. The van der Waals surface area contributed by atoms with E-state index in [1.165, 1.54) is 11.7 Å². The van der Waals surface area contributed by atoms with Gasteiger partial charge in [-0.05, 0) is 0 Å². The Bertz CT molecular complexity index is 11.1. The molecule has 1 heteroatoms. The molecule has 0 unspecified atom stereocenters. The molecule has 0 rings (SSSR count). The van der Waals surface area contributed by atoms with Crippen LogP contribution in [0.1, 0.15) is 12.8 Å². The van der Waals surface area contributed by atoms with Crippen molar-refractivity contribution in [3.63, 3.8) is 0 Å². The van der Waals surface area contributed by atoms with Crippen LogP contribution in [0.4, 0.5) is 0 Å². The predicted molar refractivity (Wildman–Crippen MR) is 26.5 cm³/mol. The molecule has 0 bridgehead atoms. The monoisotopic (exact) mass is 137 g/mol. The molecule has 0 atom stereocenters. The molecule has 0 aliphatic carbocycles. The molecule has 0 saturated carbocycles. The third kappa shape index (κ3) is 4.52. The van der Waals surface area contributed by atoms with E-state index in [1.54, 1.807) is 0 Å². The van der Waals surface area contributed by atoms with Gasteiger partial charge in [-0.3, -0.25) is 0 Å². The Balaban J connectivity index is 2.19. The summed E-state index contributed by atoms with van der Waals surface area (Å²) in [5.41, 5.74) is 0. The summed E-state index contributed by atoms with van der Waals surface area (Å²) in [4.78, 5) is 0. The summed E-state index contributed by atoms with van der Waals surface area (Å²) in [6.45, 7) is 3.67. The zero-order valence-electron chi connectivity index (χ0n) is 3.28. The van der Waals surface area contributed by atoms with Crippen LogP contribution in [0, 0.1) is 6.92 Å². The van der Waals surface area contributed by atoms with Crippen LogP contribution < -0.4 is 0 Å². The van der Waals surface area contributed by atoms with Crippen LogP contribution in [0.3, 0.4) is 0 Å². The van der Waals surface area contributed by atoms with E-state index in [9.17, 15) is 0 Å². The van der Waals surface area contributed by atoms with Gasteiger partial charge in [0.1, 0.15) is 0 Å². The van der Waals surface area contributed by atoms with E-state index >= 15 is 0 Å². The zero-order chi connectivity index (χ0) is 4.12. The molecule has 1 radical (unpaired) electrons. The molecule has 31 valence electrons. The van der Waals surface area contributed by atoms with Gasteiger partial charge in [-0.1, -0.05) is 0 Å². The Morgan fingerprint density at radius 1 is 1.60 bits per heavy atom. The van der Waals surface area contributed by atoms with E-state index in [0.717, 1.165) is 6.42 Å². The van der Waals surface area contributed by atoms with Crippen LogP contribution in [0.15, 0.2) is 0 Å². The Morgan fingerprint density at radius 3 is 2.20 bits per heavy atom. The quantitative estimate of drug-likeness (QED) is 0.495. The average molecular weight is 136 g/mol. The van der Waals surface area contributed by atoms with Gasteiger partial charge in [-0.2, -0.15) is 0 Å². The van der Waals surface area contributed by atoms with Crippen LogP contribution in [0.5, 0.6) is 0 Å². The van der Waals surface area contributed by atoms with Gasteiger partial charge in [0.05, 0.1) is 0 Å². The first-order chi connectivity index (χ1) is 2.41. The first-order valence-corrected chi connectivity index (χ1v) is 3.14. The Hall–Kier alpha value is 0.519. The average Bonchev–Trinajstić information content (AvgIpc) is 1.41. The molecule has 0 saturated heterocycles. The number of rotatable bonds is 2. The maximum absolute atomic E-state index is 3.67. The minimum absolute atomic E-state index is 1.08. The van der Waals surface area contributed by atoms with E-state index in [2.05, 4.69) is 22.9 Å². The third-order valence-electron chi connectivity index (χ3n) is 0.408. The SMILES string of the molecule is [CH2]CCC[SeH]. The number of hydrogen-bond donors (Lipinski definition) is 0. The van der Waals surface area contributed by atoms with Crippen molar-refractivity contribution in [2.75, 3.05) is 0 Å². The second-order valence-corrected chi connectivity index (χ2v) is 1.87. The molecule has 0 spiro atoms. The molecule has 0 aromatic heterocycles. The van der Waals surface area contributed by atoms with E-state index in [-0.39, 0.29) is 0 Å². The second-order valence-electron chi connectivity index (χ2n) is 0.931. The van der Waals surface area contributed by atoms with E-state index in [1.807, 2.05) is 0 Å². The van der Waals surface area contributed by atoms with Crippen LogP contribution in [0.25, 0.3) is 0 Å². The molecule has 0 aromatic rings. The third-order valence-corrected chi connectivity index (χ3v) is 1.07. The standard InChI is InChI=1S/C4H9Se/c1-2-3-4-5/h5H,1-4H2. The fourth-order valence-corrected chi connectivity index (χ4v) is 0.581. The molecule has 0 aromatic carbocycles. The summed E-state index contributed by atoms with van der Waals surface area (Å²) in [5.74, 6) is 0. The van der Waals surface area contributed by atoms with Crippen molar-refractivity contribution >= 4 is 16.0 Å². The molecule has 0 heterocycles. The molecule has 0 N–H and O–H groups in total. The van der Waals surface area contributed by atoms with Crippen molar-refractivity contribution in [1.82, 2.24) is 0 Å². The summed E-state index contributed by atoms with van der Waals surface area (Å²) in [7, 11) is 0. The van der Waals surface area contributed by atoms with E-state index < -0.39 is 0 Å². The fraction of sp³-hybridized carbons (Fsp3) is 0.750. The predicted octanol–water partition coefficient (Wildman–Crippen LogP) is 0.920. The molecule has 0 aliphatic rings. The Labute approximate surface area is 41.8 Å². The maximum atomic E-state index is 3.67. The summed E-state index contributed by atoms with van der Waals surface area (Å²) in [5, 5.41) is 1.22. The van der Waals surface area contributed by atoms with E-state index in [4.69, 9.17) is 0 Å². The van der Waals surface area contributed by atoms with Crippen LogP contribution in [0.2, 0.25) is 5.32 Å². The summed E-state index contributed by atoms with van der Waals surface area (Å²) < 4.78 is 0. The van der Waals surface area contributed by atoms with Crippen molar-refractivity contribution in [3.8, 4) is 0 Å². The van der Waals surface area contributed by atoms with Gasteiger partial charge in [0, 0.05) is 0 Å². The first-order valence-electron chi connectivity index (χ1n) is 1.82. The Morgan fingerprint density at radius 2 is 2.20 bits per heavy atom. The van der Waals surface area contributed by atoms with Gasteiger partial charge in [-0.25, -0.2) is 0 Å². The molecular formula is C4H9Se. The number of hydrogen-bond acceptors (Lipinski definition) is 0. The van der Waals surface area contributed by atoms with Crippen molar-refractivity contribution in [2.45, 2.75) is 18.2 Å². The second kappa shape index (κ2) is 4.52. The zero-order valence-corrected chi connectivity index (χ0v) is 5.15.